The number of likely N-dealkylation sites (tertiary alicyclic amines) is 1. The number of hydrogen-bond donors (Lipinski definition) is 1. The number of rotatable bonds is 2. The van der Waals surface area contributed by atoms with Gasteiger partial charge in [0.2, 0.25) is 0 Å². The molecule has 2 bridgehead atoms. The van der Waals surface area contributed by atoms with Crippen molar-refractivity contribution >= 4 is 5.91 Å². The van der Waals surface area contributed by atoms with Gasteiger partial charge >= 0.3 is 0 Å². The third-order valence-electron chi connectivity index (χ3n) is 6.77. The Morgan fingerprint density at radius 2 is 1.75 bits per heavy atom. The zero-order valence-corrected chi connectivity index (χ0v) is 15.4. The van der Waals surface area contributed by atoms with E-state index in [1.54, 1.807) is 29.2 Å². The first kappa shape index (κ1) is 17.6. The van der Waals surface area contributed by atoms with E-state index in [2.05, 4.69) is 4.90 Å². The lowest BCUT2D eigenvalue weighted by Crippen LogP contribution is -2.60. The minimum atomic E-state index is -0.851. The van der Waals surface area contributed by atoms with Gasteiger partial charge < -0.3 is 10.0 Å². The number of phenols is 1. The topological polar surface area (TPSA) is 43.8 Å². The van der Waals surface area contributed by atoms with Crippen molar-refractivity contribution in [2.75, 3.05) is 19.6 Å². The first-order chi connectivity index (χ1) is 13.6. The molecule has 2 aromatic rings. The van der Waals surface area contributed by atoms with Gasteiger partial charge in [-0.2, -0.15) is 0 Å². The van der Waals surface area contributed by atoms with Crippen LogP contribution in [0.1, 0.15) is 34.7 Å². The molecule has 0 spiro atoms. The van der Waals surface area contributed by atoms with Gasteiger partial charge in [0.25, 0.3) is 5.91 Å². The summed E-state index contributed by atoms with van der Waals surface area (Å²) in [6, 6.07) is 10.8. The zero-order valence-electron chi connectivity index (χ0n) is 15.4. The van der Waals surface area contributed by atoms with Crippen molar-refractivity contribution in [2.24, 2.45) is 5.92 Å². The first-order valence-corrected chi connectivity index (χ1v) is 9.83. The summed E-state index contributed by atoms with van der Waals surface area (Å²) >= 11 is 0. The van der Waals surface area contributed by atoms with Crippen LogP contribution in [0.15, 0.2) is 42.5 Å². The summed E-state index contributed by atoms with van der Waals surface area (Å²) in [7, 11) is 0. The average Bonchev–Trinajstić information content (AvgIpc) is 3.13. The van der Waals surface area contributed by atoms with Crippen molar-refractivity contribution in [2.45, 2.75) is 30.8 Å². The van der Waals surface area contributed by atoms with Crippen LogP contribution in [-0.4, -0.2) is 52.5 Å². The largest absolute Gasteiger partial charge is 0.507 e. The van der Waals surface area contributed by atoms with E-state index >= 15 is 0 Å². The third-order valence-corrected chi connectivity index (χ3v) is 6.77. The molecule has 1 amide bonds. The van der Waals surface area contributed by atoms with Gasteiger partial charge in [-0.05, 0) is 55.6 Å². The summed E-state index contributed by atoms with van der Waals surface area (Å²) in [6.45, 7) is 2.19. The van der Waals surface area contributed by atoms with Gasteiger partial charge in [-0.15, -0.1) is 0 Å². The number of piperidine rings is 3. The van der Waals surface area contributed by atoms with Crippen LogP contribution in [0.2, 0.25) is 0 Å². The highest BCUT2D eigenvalue weighted by atomic mass is 19.2. The highest BCUT2D eigenvalue weighted by Crippen LogP contribution is 2.47. The Kier molecular flexibility index (Phi) is 4.12. The van der Waals surface area contributed by atoms with Crippen LogP contribution in [0.5, 0.6) is 5.75 Å². The molecule has 4 saturated heterocycles. The molecule has 3 atom stereocenters. The molecule has 146 valence electrons. The minimum absolute atomic E-state index is 0.0152. The third kappa shape index (κ3) is 2.54. The molecule has 0 aliphatic carbocycles. The van der Waals surface area contributed by atoms with Crippen LogP contribution in [0, 0.1) is 17.6 Å². The van der Waals surface area contributed by atoms with E-state index in [-0.39, 0.29) is 35.2 Å². The van der Waals surface area contributed by atoms with Gasteiger partial charge in [-0.1, -0.05) is 24.3 Å². The molecular formula is C22H22F2N2O2. The number of fused-ring (bicyclic) bond motifs is 2. The molecule has 28 heavy (non-hydrogen) atoms. The first-order valence-electron chi connectivity index (χ1n) is 9.83. The quantitative estimate of drug-likeness (QED) is 0.863. The van der Waals surface area contributed by atoms with E-state index < -0.39 is 11.6 Å². The van der Waals surface area contributed by atoms with Crippen LogP contribution < -0.4 is 0 Å². The average molecular weight is 384 g/mol. The maximum Gasteiger partial charge on any atom is 0.257 e. The molecule has 1 N–H and O–H groups in total. The molecule has 4 aliphatic heterocycles. The van der Waals surface area contributed by atoms with Crippen LogP contribution >= 0.6 is 0 Å². The maximum atomic E-state index is 14.6. The van der Waals surface area contributed by atoms with E-state index in [9.17, 15) is 18.7 Å². The fourth-order valence-electron chi connectivity index (χ4n) is 5.54. The van der Waals surface area contributed by atoms with Gasteiger partial charge in [-0.25, -0.2) is 8.78 Å². The Balaban J connectivity index is 1.57. The van der Waals surface area contributed by atoms with E-state index in [0.29, 0.717) is 18.0 Å². The minimum Gasteiger partial charge on any atom is -0.507 e. The highest BCUT2D eigenvalue weighted by Gasteiger charge is 2.55. The van der Waals surface area contributed by atoms with E-state index in [1.165, 1.54) is 12.1 Å². The Bertz CT molecular complexity index is 927. The molecule has 6 rings (SSSR count). The number of para-hydroxylation sites is 1. The Labute approximate surface area is 162 Å². The predicted molar refractivity (Wildman–Crippen MR) is 100 cm³/mol. The second-order valence-corrected chi connectivity index (χ2v) is 8.08. The maximum absolute atomic E-state index is 14.6. The number of carbonyl (C=O) groups excluding carboxylic acids is 1. The molecule has 0 saturated carbocycles. The van der Waals surface area contributed by atoms with Crippen LogP contribution in [0.3, 0.4) is 0 Å². The van der Waals surface area contributed by atoms with Crippen LogP contribution in [-0.2, 0) is 0 Å². The molecule has 6 heteroatoms. The zero-order chi connectivity index (χ0) is 19.4. The highest BCUT2D eigenvalue weighted by molar-refractivity contribution is 5.97. The Morgan fingerprint density at radius 3 is 2.50 bits per heavy atom. The normalized spacial score (nSPS) is 31.1. The van der Waals surface area contributed by atoms with Crippen molar-refractivity contribution in [1.29, 1.82) is 0 Å². The SMILES string of the molecule is O=C(c1ccccc1O)N1C[C@@H](c2cccc(F)c2F)[C@@H]2[C@H]1C1CCN2CC1. The summed E-state index contributed by atoms with van der Waals surface area (Å²) in [5, 5.41) is 10.2. The lowest BCUT2D eigenvalue weighted by Gasteiger charge is -2.51. The summed E-state index contributed by atoms with van der Waals surface area (Å²) in [5.74, 6) is -1.88. The second-order valence-electron chi connectivity index (χ2n) is 8.08. The Hall–Kier alpha value is -2.47. The lowest BCUT2D eigenvalue weighted by atomic mass is 9.75. The fourth-order valence-corrected chi connectivity index (χ4v) is 5.54. The predicted octanol–water partition coefficient (Wildman–Crippen LogP) is 3.37. The number of carbonyl (C=O) groups is 1. The summed E-state index contributed by atoms with van der Waals surface area (Å²) in [6.07, 6.45) is 2.01. The van der Waals surface area contributed by atoms with Gasteiger partial charge in [0.05, 0.1) is 11.6 Å². The van der Waals surface area contributed by atoms with Gasteiger partial charge in [0.1, 0.15) is 5.75 Å². The number of benzene rings is 2. The standard InChI is InChI=1S/C22H22F2N2O2/c23-17-6-3-5-14(19(17)24)16-12-26(22(28)15-4-1-2-7-18(15)27)20-13-8-10-25(11-9-13)21(16)20/h1-7,13,16,20-21,27H,8-12H2/t16-,20+,21+/m0/s1. The van der Waals surface area contributed by atoms with Crippen molar-refractivity contribution in [1.82, 2.24) is 9.80 Å². The summed E-state index contributed by atoms with van der Waals surface area (Å²) in [5.41, 5.74) is 0.605. The van der Waals surface area contributed by atoms with Crippen LogP contribution in [0.25, 0.3) is 0 Å². The Morgan fingerprint density at radius 1 is 1.00 bits per heavy atom. The molecule has 4 nitrogen and oxygen atoms in total. The van der Waals surface area contributed by atoms with Crippen molar-refractivity contribution in [3.63, 3.8) is 0 Å². The molecule has 0 radical (unpaired) electrons. The number of aromatic hydroxyl groups is 1. The van der Waals surface area contributed by atoms with Gasteiger partial charge in [0, 0.05) is 18.5 Å². The fraction of sp³-hybridized carbons (Fsp3) is 0.409. The summed E-state index contributed by atoms with van der Waals surface area (Å²) < 4.78 is 28.5. The molecule has 4 fully saturated rings. The summed E-state index contributed by atoms with van der Waals surface area (Å²) in [4.78, 5) is 17.4. The number of phenolic OH excluding ortho intramolecular Hbond substituents is 1. The second kappa shape index (κ2) is 6.55. The number of nitrogens with zero attached hydrogens (tertiary/aromatic N) is 2. The van der Waals surface area contributed by atoms with Crippen LogP contribution in [0.4, 0.5) is 8.78 Å². The molecule has 0 aromatic heterocycles. The van der Waals surface area contributed by atoms with Crippen molar-refractivity contribution in [3.05, 3.63) is 65.2 Å². The van der Waals surface area contributed by atoms with E-state index in [4.69, 9.17) is 0 Å². The van der Waals surface area contributed by atoms with Crippen molar-refractivity contribution in [3.8, 4) is 5.75 Å². The monoisotopic (exact) mass is 384 g/mol. The number of hydrogen-bond acceptors (Lipinski definition) is 3. The van der Waals surface area contributed by atoms with E-state index in [1.807, 2.05) is 0 Å². The van der Waals surface area contributed by atoms with Gasteiger partial charge in [0.15, 0.2) is 11.6 Å². The molecule has 4 aliphatic rings. The lowest BCUT2D eigenvalue weighted by molar-refractivity contribution is -0.00366. The van der Waals surface area contributed by atoms with Gasteiger partial charge in [-0.3, -0.25) is 9.69 Å². The molecule has 4 heterocycles. The number of halogens is 2. The van der Waals surface area contributed by atoms with E-state index in [0.717, 1.165) is 32.0 Å². The van der Waals surface area contributed by atoms with Crippen molar-refractivity contribution < 1.29 is 18.7 Å². The molecular weight excluding hydrogens is 362 g/mol. The smallest absolute Gasteiger partial charge is 0.257 e. The molecule has 0 unspecified atom stereocenters. The number of amides is 1. The molecule has 2 aromatic carbocycles.